The quantitative estimate of drug-likeness (QED) is 0.746. The number of fused-ring (bicyclic) bond motifs is 1. The van der Waals surface area contributed by atoms with E-state index < -0.39 is 0 Å². The lowest BCUT2D eigenvalue weighted by atomic mass is 10.1. The Morgan fingerprint density at radius 2 is 2.40 bits per heavy atom. The number of amides is 1. The molecule has 1 aliphatic rings. The molecule has 1 unspecified atom stereocenters. The Morgan fingerprint density at radius 3 is 3.20 bits per heavy atom. The maximum Gasteiger partial charge on any atom is 0.220 e. The van der Waals surface area contributed by atoms with E-state index in [0.717, 1.165) is 17.9 Å². The summed E-state index contributed by atoms with van der Waals surface area (Å²) in [5.74, 6) is 0.390. The molecule has 76 valence electrons. The van der Waals surface area contributed by atoms with Gasteiger partial charge < -0.3 is 9.72 Å². The number of hydrogen-bond acceptors (Lipinski definition) is 2. The Morgan fingerprint density at radius 1 is 1.47 bits per heavy atom. The number of carbonyl (C=O) groups excluding carboxylic acids is 1. The van der Waals surface area contributed by atoms with Gasteiger partial charge in [0.1, 0.15) is 5.65 Å². The highest BCUT2D eigenvalue weighted by atomic mass is 16.1. The minimum Gasteiger partial charge on any atom is -0.355 e. The summed E-state index contributed by atoms with van der Waals surface area (Å²) in [7, 11) is 0. The van der Waals surface area contributed by atoms with Crippen molar-refractivity contribution < 1.29 is 4.79 Å². The fraction of sp³-hybridized carbons (Fsp3) is 0.273. The van der Waals surface area contributed by atoms with Crippen LogP contribution in [0.2, 0.25) is 0 Å². The average Bonchev–Trinajstić information content (AvgIpc) is 2.83. The summed E-state index contributed by atoms with van der Waals surface area (Å²) in [6.45, 7) is 0.724. The summed E-state index contributed by atoms with van der Waals surface area (Å²) >= 11 is 0. The van der Waals surface area contributed by atoms with E-state index >= 15 is 0 Å². The van der Waals surface area contributed by atoms with Gasteiger partial charge in [0.25, 0.3) is 0 Å². The lowest BCUT2D eigenvalue weighted by Crippen LogP contribution is -2.13. The van der Waals surface area contributed by atoms with Crippen molar-refractivity contribution in [1.82, 2.24) is 14.7 Å². The van der Waals surface area contributed by atoms with Crippen LogP contribution in [0, 0.1) is 0 Å². The van der Waals surface area contributed by atoms with Gasteiger partial charge in [-0.2, -0.15) is 0 Å². The summed E-state index contributed by atoms with van der Waals surface area (Å²) in [5, 5.41) is 2.84. The van der Waals surface area contributed by atoms with Crippen LogP contribution in [-0.4, -0.2) is 21.8 Å². The average molecular weight is 201 g/mol. The van der Waals surface area contributed by atoms with Crippen LogP contribution in [0.1, 0.15) is 18.0 Å². The van der Waals surface area contributed by atoms with E-state index in [1.165, 1.54) is 0 Å². The molecule has 1 aliphatic heterocycles. The number of nitrogens with zero attached hydrogens (tertiary/aromatic N) is 2. The fourth-order valence-corrected chi connectivity index (χ4v) is 2.07. The predicted molar refractivity (Wildman–Crippen MR) is 55.6 cm³/mol. The molecule has 3 rings (SSSR count). The molecule has 1 amide bonds. The van der Waals surface area contributed by atoms with Crippen molar-refractivity contribution in [3.8, 4) is 0 Å². The molecule has 1 atom stereocenters. The molecule has 3 heterocycles. The van der Waals surface area contributed by atoms with Gasteiger partial charge in [0.05, 0.1) is 0 Å². The number of rotatable bonds is 1. The molecule has 0 saturated carbocycles. The highest BCUT2D eigenvalue weighted by Crippen LogP contribution is 2.23. The van der Waals surface area contributed by atoms with Gasteiger partial charge in [0.15, 0.2) is 0 Å². The van der Waals surface area contributed by atoms with Gasteiger partial charge in [-0.25, -0.2) is 4.98 Å². The van der Waals surface area contributed by atoms with E-state index in [2.05, 4.69) is 10.3 Å². The van der Waals surface area contributed by atoms with Crippen LogP contribution in [0.3, 0.4) is 0 Å². The van der Waals surface area contributed by atoms with E-state index in [1.807, 2.05) is 35.0 Å². The zero-order valence-electron chi connectivity index (χ0n) is 8.18. The molecule has 2 aromatic heterocycles. The highest BCUT2D eigenvalue weighted by Gasteiger charge is 2.25. The third-order valence-corrected chi connectivity index (χ3v) is 2.84. The third kappa shape index (κ3) is 1.29. The Bertz CT molecular complexity index is 517. The van der Waals surface area contributed by atoms with Gasteiger partial charge in [0, 0.05) is 37.0 Å². The molecule has 0 aromatic carbocycles. The van der Waals surface area contributed by atoms with Crippen molar-refractivity contribution in [2.45, 2.75) is 12.3 Å². The third-order valence-electron chi connectivity index (χ3n) is 2.84. The number of pyridine rings is 1. The van der Waals surface area contributed by atoms with Crippen molar-refractivity contribution in [2.24, 2.45) is 0 Å². The van der Waals surface area contributed by atoms with E-state index in [0.29, 0.717) is 6.42 Å². The van der Waals surface area contributed by atoms with Gasteiger partial charge in [-0.15, -0.1) is 0 Å². The molecule has 0 bridgehead atoms. The SMILES string of the molecule is O=C1CC(c2cnc3ccccn23)CN1. The van der Waals surface area contributed by atoms with Gasteiger partial charge in [-0.3, -0.25) is 4.79 Å². The number of nitrogens with one attached hydrogen (secondary N) is 1. The molecule has 0 aliphatic carbocycles. The first-order valence-electron chi connectivity index (χ1n) is 5.03. The monoisotopic (exact) mass is 201 g/mol. The number of imidazole rings is 1. The summed E-state index contributed by atoms with van der Waals surface area (Å²) < 4.78 is 2.05. The van der Waals surface area contributed by atoms with E-state index in [1.54, 1.807) is 0 Å². The fourth-order valence-electron chi connectivity index (χ4n) is 2.07. The molecule has 1 saturated heterocycles. The van der Waals surface area contributed by atoms with Crippen LogP contribution in [-0.2, 0) is 4.79 Å². The smallest absolute Gasteiger partial charge is 0.220 e. The van der Waals surface area contributed by atoms with Gasteiger partial charge in [0.2, 0.25) is 5.91 Å². The summed E-state index contributed by atoms with van der Waals surface area (Å²) in [6.07, 6.45) is 4.42. The lowest BCUT2D eigenvalue weighted by Gasteiger charge is -2.06. The first-order chi connectivity index (χ1) is 7.34. The predicted octanol–water partition coefficient (Wildman–Crippen LogP) is 0.938. The Balaban J connectivity index is 2.07. The van der Waals surface area contributed by atoms with Crippen LogP contribution in [0.5, 0.6) is 0 Å². The van der Waals surface area contributed by atoms with Crippen LogP contribution in [0.15, 0.2) is 30.6 Å². The van der Waals surface area contributed by atoms with Crippen LogP contribution < -0.4 is 5.32 Å². The first-order valence-corrected chi connectivity index (χ1v) is 5.03. The van der Waals surface area contributed by atoms with Crippen LogP contribution in [0.25, 0.3) is 5.65 Å². The van der Waals surface area contributed by atoms with E-state index in [9.17, 15) is 4.79 Å². The molecule has 1 N–H and O–H groups in total. The zero-order chi connectivity index (χ0) is 10.3. The van der Waals surface area contributed by atoms with Crippen LogP contribution >= 0.6 is 0 Å². The van der Waals surface area contributed by atoms with Crippen LogP contribution in [0.4, 0.5) is 0 Å². The van der Waals surface area contributed by atoms with Gasteiger partial charge >= 0.3 is 0 Å². The minimum absolute atomic E-state index is 0.130. The standard InChI is InChI=1S/C11H11N3O/c15-11-5-8(6-13-11)9-7-12-10-3-1-2-4-14(9)10/h1-4,7-8H,5-6H2,(H,13,15). The second-order valence-electron chi connectivity index (χ2n) is 3.82. The molecule has 0 spiro atoms. The molecule has 15 heavy (non-hydrogen) atoms. The molecular formula is C11H11N3O. The van der Waals surface area contributed by atoms with E-state index in [-0.39, 0.29) is 11.8 Å². The summed E-state index contributed by atoms with van der Waals surface area (Å²) in [5.41, 5.74) is 2.05. The largest absolute Gasteiger partial charge is 0.355 e. The Hall–Kier alpha value is -1.84. The van der Waals surface area contributed by atoms with Crippen molar-refractivity contribution in [3.63, 3.8) is 0 Å². The zero-order valence-corrected chi connectivity index (χ0v) is 8.18. The van der Waals surface area contributed by atoms with E-state index in [4.69, 9.17) is 0 Å². The molecule has 4 nitrogen and oxygen atoms in total. The maximum atomic E-state index is 11.1. The van der Waals surface area contributed by atoms with Crippen molar-refractivity contribution >= 4 is 11.6 Å². The number of hydrogen-bond donors (Lipinski definition) is 1. The normalized spacial score (nSPS) is 20.8. The highest BCUT2D eigenvalue weighted by molar-refractivity contribution is 5.79. The second kappa shape index (κ2) is 3.08. The number of carbonyl (C=O) groups is 1. The number of aromatic nitrogens is 2. The Kier molecular flexibility index (Phi) is 1.74. The van der Waals surface area contributed by atoms with Crippen molar-refractivity contribution in [1.29, 1.82) is 0 Å². The topological polar surface area (TPSA) is 46.4 Å². The molecule has 4 heteroatoms. The summed E-state index contributed by atoms with van der Waals surface area (Å²) in [4.78, 5) is 15.5. The van der Waals surface area contributed by atoms with Gasteiger partial charge in [-0.1, -0.05) is 6.07 Å². The van der Waals surface area contributed by atoms with Crippen molar-refractivity contribution in [2.75, 3.05) is 6.54 Å². The Labute approximate surface area is 86.9 Å². The molecule has 1 fully saturated rings. The van der Waals surface area contributed by atoms with Crippen molar-refractivity contribution in [3.05, 3.63) is 36.3 Å². The van der Waals surface area contributed by atoms with Gasteiger partial charge in [-0.05, 0) is 12.1 Å². The minimum atomic E-state index is 0.130. The maximum absolute atomic E-state index is 11.1. The first kappa shape index (κ1) is 8.47. The second-order valence-corrected chi connectivity index (χ2v) is 3.82. The molecule has 2 aromatic rings. The molecular weight excluding hydrogens is 190 g/mol. The lowest BCUT2D eigenvalue weighted by molar-refractivity contribution is -0.119. The summed E-state index contributed by atoms with van der Waals surface area (Å²) in [6, 6.07) is 5.90. The molecule has 0 radical (unpaired) electrons.